The van der Waals surface area contributed by atoms with Gasteiger partial charge in [0.1, 0.15) is 5.82 Å². The molecule has 0 atom stereocenters. The maximum absolute atomic E-state index is 4.19. The number of aromatic nitrogens is 3. The van der Waals surface area contributed by atoms with Crippen molar-refractivity contribution in [3.8, 4) is 0 Å². The van der Waals surface area contributed by atoms with E-state index in [1.165, 1.54) is 0 Å². The van der Waals surface area contributed by atoms with Gasteiger partial charge in [0.05, 0.1) is 10.7 Å². The summed E-state index contributed by atoms with van der Waals surface area (Å²) in [5.41, 5.74) is 0.943. The van der Waals surface area contributed by atoms with Gasteiger partial charge in [0.25, 0.3) is 0 Å². The van der Waals surface area contributed by atoms with Gasteiger partial charge in [-0.25, -0.2) is 4.98 Å². The van der Waals surface area contributed by atoms with E-state index in [2.05, 4.69) is 20.5 Å². The number of nitrogens with one attached hydrogen (secondary N) is 1. The minimum absolute atomic E-state index is 0.759. The van der Waals surface area contributed by atoms with Gasteiger partial charge in [-0.2, -0.15) is 5.10 Å². The molecule has 2 heterocycles. The molecule has 14 heavy (non-hydrogen) atoms. The molecule has 0 aliphatic carbocycles. The smallest absolute Gasteiger partial charge is 0.148 e. The number of thiazole rings is 1. The minimum Gasteiger partial charge on any atom is -0.372 e. The van der Waals surface area contributed by atoms with Crippen molar-refractivity contribution < 1.29 is 0 Å². The maximum Gasteiger partial charge on any atom is 0.148 e. The summed E-state index contributed by atoms with van der Waals surface area (Å²) < 4.78 is 0. The van der Waals surface area contributed by atoms with Crippen LogP contribution in [0, 0.1) is 0 Å². The van der Waals surface area contributed by atoms with Crippen molar-refractivity contribution in [2.45, 2.75) is 6.42 Å². The van der Waals surface area contributed by atoms with Gasteiger partial charge in [-0.1, -0.05) is 0 Å². The van der Waals surface area contributed by atoms with Crippen LogP contribution in [0.5, 0.6) is 0 Å². The summed E-state index contributed by atoms with van der Waals surface area (Å²) in [4.78, 5) is 4.19. The molecule has 2 rings (SSSR count). The summed E-state index contributed by atoms with van der Waals surface area (Å²) in [5, 5.41) is 14.0. The fourth-order valence-corrected chi connectivity index (χ4v) is 1.71. The number of hydrogen-bond donors (Lipinski definition) is 1. The number of hydrogen-bond acceptors (Lipinski definition) is 5. The fraction of sp³-hybridized carbons (Fsp3) is 0.222. The Labute approximate surface area is 86.0 Å². The Kier molecular flexibility index (Phi) is 2.69. The van der Waals surface area contributed by atoms with E-state index in [0.717, 1.165) is 22.9 Å². The van der Waals surface area contributed by atoms with Crippen molar-refractivity contribution >= 4 is 17.2 Å². The highest BCUT2D eigenvalue weighted by Crippen LogP contribution is 2.10. The van der Waals surface area contributed by atoms with Gasteiger partial charge < -0.3 is 5.32 Å². The molecule has 0 unspecified atom stereocenters. The zero-order valence-corrected chi connectivity index (χ0v) is 8.58. The van der Waals surface area contributed by atoms with Gasteiger partial charge in [0.15, 0.2) is 0 Å². The van der Waals surface area contributed by atoms with Crippen LogP contribution in [0.3, 0.4) is 0 Å². The molecular formula is C9H10N4S. The molecule has 2 aromatic heterocycles. The molecule has 0 fully saturated rings. The Hall–Kier alpha value is -1.49. The molecule has 0 saturated carbocycles. The first-order valence-corrected chi connectivity index (χ1v) is 5.15. The van der Waals surface area contributed by atoms with Gasteiger partial charge in [0.2, 0.25) is 0 Å². The van der Waals surface area contributed by atoms with Gasteiger partial charge in [-0.05, 0) is 12.1 Å². The average molecular weight is 206 g/mol. The molecule has 0 amide bonds. The Balaban J connectivity index is 2.10. The van der Waals surface area contributed by atoms with Gasteiger partial charge in [-0.15, -0.1) is 16.4 Å². The summed E-state index contributed by atoms with van der Waals surface area (Å²) in [6.45, 7) is 0. The second kappa shape index (κ2) is 4.15. The number of nitrogens with zero attached hydrogens (tertiary/aromatic N) is 3. The van der Waals surface area contributed by atoms with Crippen LogP contribution in [0.1, 0.15) is 10.7 Å². The van der Waals surface area contributed by atoms with Crippen LogP contribution in [0.2, 0.25) is 0 Å². The van der Waals surface area contributed by atoms with E-state index < -0.39 is 0 Å². The first-order chi connectivity index (χ1) is 6.88. The molecule has 0 aliphatic heterocycles. The number of anilines is 1. The summed E-state index contributed by atoms with van der Waals surface area (Å²) in [7, 11) is 1.82. The van der Waals surface area contributed by atoms with Crippen LogP contribution in [-0.2, 0) is 6.42 Å². The molecule has 0 aromatic carbocycles. The van der Waals surface area contributed by atoms with Crippen molar-refractivity contribution in [1.82, 2.24) is 15.2 Å². The van der Waals surface area contributed by atoms with Gasteiger partial charge in [-0.3, -0.25) is 0 Å². The third-order valence-electron chi connectivity index (χ3n) is 1.79. The molecule has 0 bridgehead atoms. The molecule has 2 aromatic rings. The molecule has 0 radical (unpaired) electrons. The van der Waals surface area contributed by atoms with E-state index in [9.17, 15) is 0 Å². The van der Waals surface area contributed by atoms with Gasteiger partial charge in [0, 0.05) is 25.0 Å². The Morgan fingerprint density at radius 1 is 1.36 bits per heavy atom. The molecule has 0 aliphatic rings. The zero-order chi connectivity index (χ0) is 9.80. The standard InChI is InChI=1S/C9H10N4S/c1-10-8-3-2-7(12-13-8)6-9-11-4-5-14-9/h2-5H,6H2,1H3,(H,10,13). The first-order valence-electron chi connectivity index (χ1n) is 4.27. The normalized spacial score (nSPS) is 10.1. The van der Waals surface area contributed by atoms with Crippen molar-refractivity contribution in [2.24, 2.45) is 0 Å². The Bertz CT molecular complexity index is 382. The molecule has 0 spiro atoms. The second-order valence-electron chi connectivity index (χ2n) is 2.76. The molecule has 1 N–H and O–H groups in total. The lowest BCUT2D eigenvalue weighted by molar-refractivity contribution is 0.933. The third kappa shape index (κ3) is 2.05. The van der Waals surface area contributed by atoms with Crippen LogP contribution >= 0.6 is 11.3 Å². The number of rotatable bonds is 3. The topological polar surface area (TPSA) is 50.7 Å². The van der Waals surface area contributed by atoms with E-state index in [1.54, 1.807) is 17.5 Å². The Morgan fingerprint density at radius 3 is 2.86 bits per heavy atom. The highest BCUT2D eigenvalue weighted by Gasteiger charge is 2.00. The highest BCUT2D eigenvalue weighted by molar-refractivity contribution is 7.09. The maximum atomic E-state index is 4.19. The average Bonchev–Trinajstić information content (AvgIpc) is 2.72. The van der Waals surface area contributed by atoms with E-state index in [1.807, 2.05) is 24.6 Å². The SMILES string of the molecule is CNc1ccc(Cc2nccs2)nn1. The van der Waals surface area contributed by atoms with Crippen LogP contribution < -0.4 is 5.32 Å². The van der Waals surface area contributed by atoms with Crippen molar-refractivity contribution in [1.29, 1.82) is 0 Å². The fourth-order valence-electron chi connectivity index (χ4n) is 1.08. The molecule has 4 nitrogen and oxygen atoms in total. The van der Waals surface area contributed by atoms with Crippen LogP contribution in [0.25, 0.3) is 0 Å². The summed E-state index contributed by atoms with van der Waals surface area (Å²) in [6, 6.07) is 3.87. The van der Waals surface area contributed by atoms with E-state index >= 15 is 0 Å². The molecule has 0 saturated heterocycles. The largest absolute Gasteiger partial charge is 0.372 e. The van der Waals surface area contributed by atoms with Crippen molar-refractivity contribution in [3.63, 3.8) is 0 Å². The monoisotopic (exact) mass is 206 g/mol. The van der Waals surface area contributed by atoms with Crippen LogP contribution in [0.4, 0.5) is 5.82 Å². The summed E-state index contributed by atoms with van der Waals surface area (Å²) >= 11 is 1.63. The van der Waals surface area contributed by atoms with E-state index in [4.69, 9.17) is 0 Å². The minimum atomic E-state index is 0.759. The lowest BCUT2D eigenvalue weighted by Crippen LogP contribution is -1.98. The second-order valence-corrected chi connectivity index (χ2v) is 3.74. The molecule has 5 heteroatoms. The summed E-state index contributed by atoms with van der Waals surface area (Å²) in [6.07, 6.45) is 2.56. The van der Waals surface area contributed by atoms with E-state index in [0.29, 0.717) is 0 Å². The van der Waals surface area contributed by atoms with Crippen LogP contribution in [-0.4, -0.2) is 22.2 Å². The molecule has 72 valence electrons. The van der Waals surface area contributed by atoms with E-state index in [-0.39, 0.29) is 0 Å². The van der Waals surface area contributed by atoms with Crippen molar-refractivity contribution in [2.75, 3.05) is 12.4 Å². The third-order valence-corrected chi connectivity index (χ3v) is 2.57. The lowest BCUT2D eigenvalue weighted by atomic mass is 10.3. The molecular weight excluding hydrogens is 196 g/mol. The zero-order valence-electron chi connectivity index (χ0n) is 7.77. The highest BCUT2D eigenvalue weighted by atomic mass is 32.1. The Morgan fingerprint density at radius 2 is 2.29 bits per heavy atom. The quantitative estimate of drug-likeness (QED) is 0.828. The lowest BCUT2D eigenvalue weighted by Gasteiger charge is -1.98. The first kappa shape index (κ1) is 9.08. The van der Waals surface area contributed by atoms with Gasteiger partial charge >= 0.3 is 0 Å². The van der Waals surface area contributed by atoms with Crippen LogP contribution in [0.15, 0.2) is 23.7 Å². The van der Waals surface area contributed by atoms with Crippen molar-refractivity contribution in [3.05, 3.63) is 34.4 Å². The predicted molar refractivity (Wildman–Crippen MR) is 56.5 cm³/mol. The summed E-state index contributed by atoms with van der Waals surface area (Å²) in [5.74, 6) is 0.785. The predicted octanol–water partition coefficient (Wildman–Crippen LogP) is 1.57.